The number of methoxy groups -OCH3 is 1. The van der Waals surface area contributed by atoms with Gasteiger partial charge in [-0.15, -0.1) is 0 Å². The predicted molar refractivity (Wildman–Crippen MR) is 112 cm³/mol. The second-order valence-electron chi connectivity index (χ2n) is 6.22. The molecule has 2 N–H and O–H groups in total. The number of carbonyl (C=O) groups is 2. The van der Waals surface area contributed by atoms with Crippen molar-refractivity contribution in [3.05, 3.63) is 58.1 Å². The number of aryl methyl sites for hydroxylation is 1. The van der Waals surface area contributed by atoms with Gasteiger partial charge in [0.25, 0.3) is 5.91 Å². The standard InChI is InChI=1S/C21H25BrN2O4/c1-15-7-8-18(19(13-15)27-2)28-12-9-20(25)23-10-4-11-24-21(26)16-5-3-6-17(22)14-16/h3,5-8,13-14H,4,9-12H2,1-2H3,(H,23,25)(H,24,26). The second kappa shape index (κ2) is 11.3. The lowest BCUT2D eigenvalue weighted by Crippen LogP contribution is -2.30. The zero-order chi connectivity index (χ0) is 20.4. The van der Waals surface area contributed by atoms with Crippen molar-refractivity contribution in [2.24, 2.45) is 0 Å². The van der Waals surface area contributed by atoms with Gasteiger partial charge < -0.3 is 20.1 Å². The lowest BCUT2D eigenvalue weighted by molar-refractivity contribution is -0.121. The number of nitrogens with one attached hydrogen (secondary N) is 2. The van der Waals surface area contributed by atoms with Crippen molar-refractivity contribution >= 4 is 27.7 Å². The summed E-state index contributed by atoms with van der Waals surface area (Å²) in [6, 6.07) is 12.8. The smallest absolute Gasteiger partial charge is 0.251 e. The van der Waals surface area contributed by atoms with E-state index in [0.29, 0.717) is 36.6 Å². The molecular formula is C21H25BrN2O4. The van der Waals surface area contributed by atoms with Crippen LogP contribution >= 0.6 is 15.9 Å². The van der Waals surface area contributed by atoms with Crippen molar-refractivity contribution in [3.63, 3.8) is 0 Å². The number of rotatable bonds is 10. The number of carbonyl (C=O) groups excluding carboxylic acids is 2. The van der Waals surface area contributed by atoms with Crippen LogP contribution in [0, 0.1) is 6.92 Å². The van der Waals surface area contributed by atoms with Crippen LogP contribution in [-0.2, 0) is 4.79 Å². The summed E-state index contributed by atoms with van der Waals surface area (Å²) in [5, 5.41) is 5.65. The zero-order valence-electron chi connectivity index (χ0n) is 16.1. The van der Waals surface area contributed by atoms with Crippen molar-refractivity contribution in [2.45, 2.75) is 19.8 Å². The molecule has 0 atom stereocenters. The average molecular weight is 449 g/mol. The number of hydrogen-bond donors (Lipinski definition) is 2. The molecule has 0 aliphatic rings. The first-order chi connectivity index (χ1) is 13.5. The highest BCUT2D eigenvalue weighted by Gasteiger charge is 2.07. The second-order valence-corrected chi connectivity index (χ2v) is 7.14. The van der Waals surface area contributed by atoms with E-state index in [1.165, 1.54) is 0 Å². The third-order valence-corrected chi connectivity index (χ3v) is 4.45. The topological polar surface area (TPSA) is 76.7 Å². The first-order valence-electron chi connectivity index (χ1n) is 9.07. The van der Waals surface area contributed by atoms with Gasteiger partial charge in [-0.3, -0.25) is 9.59 Å². The number of ether oxygens (including phenoxy) is 2. The molecule has 0 aliphatic heterocycles. The van der Waals surface area contributed by atoms with E-state index in [-0.39, 0.29) is 24.8 Å². The Hall–Kier alpha value is -2.54. The molecular weight excluding hydrogens is 424 g/mol. The summed E-state index contributed by atoms with van der Waals surface area (Å²) in [6.45, 7) is 3.22. The zero-order valence-corrected chi connectivity index (χ0v) is 17.7. The molecule has 2 aromatic rings. The first kappa shape index (κ1) is 21.8. The third-order valence-electron chi connectivity index (χ3n) is 3.95. The maximum absolute atomic E-state index is 12.0. The maximum atomic E-state index is 12.0. The lowest BCUT2D eigenvalue weighted by Gasteiger charge is -2.11. The van der Waals surface area contributed by atoms with Crippen molar-refractivity contribution in [3.8, 4) is 11.5 Å². The highest BCUT2D eigenvalue weighted by molar-refractivity contribution is 9.10. The number of halogens is 1. The van der Waals surface area contributed by atoms with E-state index in [4.69, 9.17) is 9.47 Å². The van der Waals surface area contributed by atoms with Crippen molar-refractivity contribution < 1.29 is 19.1 Å². The van der Waals surface area contributed by atoms with Crippen LogP contribution in [0.3, 0.4) is 0 Å². The Morgan fingerprint density at radius 1 is 1.04 bits per heavy atom. The molecule has 0 aliphatic carbocycles. The largest absolute Gasteiger partial charge is 0.493 e. The fourth-order valence-corrected chi connectivity index (χ4v) is 2.89. The van der Waals surface area contributed by atoms with Crippen LogP contribution in [0.1, 0.15) is 28.8 Å². The molecule has 0 saturated heterocycles. The molecule has 0 spiro atoms. The van der Waals surface area contributed by atoms with Gasteiger partial charge in [0.2, 0.25) is 5.91 Å². The van der Waals surface area contributed by atoms with Crippen LogP contribution in [0.2, 0.25) is 0 Å². The minimum Gasteiger partial charge on any atom is -0.493 e. The van der Waals surface area contributed by atoms with Gasteiger partial charge in [0, 0.05) is 23.1 Å². The van der Waals surface area contributed by atoms with E-state index < -0.39 is 0 Å². The van der Waals surface area contributed by atoms with E-state index in [1.54, 1.807) is 19.2 Å². The monoisotopic (exact) mass is 448 g/mol. The van der Waals surface area contributed by atoms with Gasteiger partial charge in [0.15, 0.2) is 11.5 Å². The SMILES string of the molecule is COc1cc(C)ccc1OCCC(=O)NCCCNC(=O)c1cccc(Br)c1. The quantitative estimate of drug-likeness (QED) is 0.545. The molecule has 0 saturated carbocycles. The predicted octanol–water partition coefficient (Wildman–Crippen LogP) is 3.47. The number of amides is 2. The average Bonchev–Trinajstić information content (AvgIpc) is 2.68. The van der Waals surface area contributed by atoms with Crippen molar-refractivity contribution in [1.82, 2.24) is 10.6 Å². The molecule has 0 fully saturated rings. The Morgan fingerprint density at radius 3 is 2.57 bits per heavy atom. The minimum absolute atomic E-state index is 0.0932. The minimum atomic E-state index is -0.131. The van der Waals surface area contributed by atoms with Gasteiger partial charge in [-0.2, -0.15) is 0 Å². The van der Waals surface area contributed by atoms with E-state index in [0.717, 1.165) is 10.0 Å². The number of benzene rings is 2. The van der Waals surface area contributed by atoms with Crippen LogP contribution in [-0.4, -0.2) is 38.6 Å². The molecule has 150 valence electrons. The Morgan fingerprint density at radius 2 is 1.82 bits per heavy atom. The highest BCUT2D eigenvalue weighted by Crippen LogP contribution is 2.27. The van der Waals surface area contributed by atoms with Gasteiger partial charge in [0.1, 0.15) is 0 Å². The van der Waals surface area contributed by atoms with Crippen LogP contribution < -0.4 is 20.1 Å². The Labute approximate surface area is 173 Å². The van der Waals surface area contributed by atoms with Gasteiger partial charge in [-0.25, -0.2) is 0 Å². The third kappa shape index (κ3) is 7.23. The van der Waals surface area contributed by atoms with Crippen LogP contribution in [0.15, 0.2) is 46.9 Å². The van der Waals surface area contributed by atoms with Gasteiger partial charge in [-0.1, -0.05) is 28.1 Å². The summed E-state index contributed by atoms with van der Waals surface area (Å²) in [5.74, 6) is 1.05. The first-order valence-corrected chi connectivity index (χ1v) is 9.87. The summed E-state index contributed by atoms with van der Waals surface area (Å²) in [5.41, 5.74) is 1.68. The Balaban J connectivity index is 1.60. The molecule has 0 radical (unpaired) electrons. The van der Waals surface area contributed by atoms with Gasteiger partial charge in [0.05, 0.1) is 20.1 Å². The van der Waals surface area contributed by atoms with Crippen LogP contribution in [0.25, 0.3) is 0 Å². The van der Waals surface area contributed by atoms with Crippen molar-refractivity contribution in [2.75, 3.05) is 26.8 Å². The van der Waals surface area contributed by atoms with Crippen LogP contribution in [0.4, 0.5) is 0 Å². The molecule has 2 rings (SSSR count). The molecule has 0 aromatic heterocycles. The van der Waals surface area contributed by atoms with Crippen molar-refractivity contribution in [1.29, 1.82) is 0 Å². The molecule has 0 unspecified atom stereocenters. The van der Waals surface area contributed by atoms with Gasteiger partial charge >= 0.3 is 0 Å². The number of hydrogen-bond acceptors (Lipinski definition) is 4. The molecule has 2 amide bonds. The van der Waals surface area contributed by atoms with E-state index >= 15 is 0 Å². The van der Waals surface area contributed by atoms with E-state index in [9.17, 15) is 9.59 Å². The molecule has 6 nitrogen and oxygen atoms in total. The normalized spacial score (nSPS) is 10.2. The highest BCUT2D eigenvalue weighted by atomic mass is 79.9. The summed E-state index contributed by atoms with van der Waals surface area (Å²) in [7, 11) is 1.59. The molecule has 7 heteroatoms. The summed E-state index contributed by atoms with van der Waals surface area (Å²) < 4.78 is 11.8. The fraction of sp³-hybridized carbons (Fsp3) is 0.333. The van der Waals surface area contributed by atoms with E-state index in [2.05, 4.69) is 26.6 Å². The lowest BCUT2D eigenvalue weighted by atomic mass is 10.2. The maximum Gasteiger partial charge on any atom is 0.251 e. The molecule has 28 heavy (non-hydrogen) atoms. The molecule has 0 bridgehead atoms. The van der Waals surface area contributed by atoms with Crippen LogP contribution in [0.5, 0.6) is 11.5 Å². The van der Waals surface area contributed by atoms with E-state index in [1.807, 2.05) is 37.3 Å². The molecule has 0 heterocycles. The summed E-state index contributed by atoms with van der Waals surface area (Å²) in [4.78, 5) is 23.9. The molecule has 2 aromatic carbocycles. The summed E-state index contributed by atoms with van der Waals surface area (Å²) >= 11 is 3.34. The Kier molecular flexibility index (Phi) is 8.81. The Bertz CT molecular complexity index is 811. The summed E-state index contributed by atoms with van der Waals surface area (Å²) in [6.07, 6.45) is 0.902. The van der Waals surface area contributed by atoms with Gasteiger partial charge in [-0.05, 0) is 49.2 Å². The fourth-order valence-electron chi connectivity index (χ4n) is 2.49.